The molecule has 10 amide bonds. The average molecular weight is 1790 g/mol. The van der Waals surface area contributed by atoms with Crippen LogP contribution in [0.4, 0.5) is 32.3 Å². The Hall–Kier alpha value is -10.8. The van der Waals surface area contributed by atoms with Crippen molar-refractivity contribution in [2.24, 2.45) is 11.7 Å². The van der Waals surface area contributed by atoms with Gasteiger partial charge in [0, 0.05) is 99.4 Å². The number of carbonyl (C=O) groups excluding carboxylic acids is 12. The topological polar surface area (TPSA) is 475 Å². The molecule has 37 nitrogen and oxygen atoms in total. The molecule has 0 aliphatic carbocycles. The molecular weight excluding hydrogens is 1680 g/mol. The quantitative estimate of drug-likeness (QED) is 0.0712. The van der Waals surface area contributed by atoms with Gasteiger partial charge in [0.2, 0.25) is 29.5 Å². The summed E-state index contributed by atoms with van der Waals surface area (Å²) in [5, 5.41) is 38.5. The number of nitrogens with zero attached hydrogens (tertiary/aromatic N) is 4. The number of nitrogens with two attached hydrogens (primary N) is 1. The number of carboxylic acids is 1. The fourth-order valence-corrected chi connectivity index (χ4v) is 17.0. The van der Waals surface area contributed by atoms with Crippen LogP contribution in [0.2, 0.25) is 0 Å². The smallest absolute Gasteiger partial charge is 0.416 e. The van der Waals surface area contributed by atoms with Crippen molar-refractivity contribution in [3.63, 3.8) is 0 Å². The van der Waals surface area contributed by atoms with Crippen LogP contribution in [-0.2, 0) is 94.3 Å². The number of ketones is 2. The van der Waals surface area contributed by atoms with E-state index in [2.05, 4.69) is 38.5 Å². The number of fused-ring (bicyclic) bond motifs is 4. The third kappa shape index (κ3) is 28.4. The summed E-state index contributed by atoms with van der Waals surface area (Å²) in [6.45, 7) is 11.7. The monoisotopic (exact) mass is 1790 g/mol. The van der Waals surface area contributed by atoms with Crippen LogP contribution in [0.15, 0.2) is 94.8 Å². The normalized spacial score (nSPS) is 23.5. The van der Waals surface area contributed by atoms with Crippen molar-refractivity contribution in [3.8, 4) is 17.2 Å². The lowest BCUT2D eigenvalue weighted by atomic mass is 10.00. The molecule has 2 saturated heterocycles. The molecule has 126 heavy (non-hydrogen) atoms. The van der Waals surface area contributed by atoms with Crippen LogP contribution < -0.4 is 61.6 Å². The van der Waals surface area contributed by atoms with Crippen molar-refractivity contribution in [3.05, 3.63) is 123 Å². The minimum Gasteiger partial charge on any atom is -0.493 e. The molecule has 8 bridgehead atoms. The molecule has 4 aromatic rings. The Morgan fingerprint density at radius 3 is 1.82 bits per heavy atom. The number of hydrogen-bond acceptors (Lipinski definition) is 28. The highest BCUT2D eigenvalue weighted by atomic mass is 32.2. The van der Waals surface area contributed by atoms with E-state index < -0.39 is 96.3 Å². The number of carboxylic acid groups (broad SMARTS) is 1. The van der Waals surface area contributed by atoms with Crippen molar-refractivity contribution >= 4 is 123 Å². The Kier molecular flexibility index (Phi) is 38.2. The number of ether oxygens (including phenoxy) is 11. The summed E-state index contributed by atoms with van der Waals surface area (Å²) in [7, 11) is 1.41. The molecular formula is C87H113N11O26S2. The number of aryl methyl sites for hydroxylation is 1. The molecule has 2 fully saturated rings. The standard InChI is InChI=1S/C87H113N11O26S2/c1-53-41-68-85(111)98-67-47-71(54(2)42-62(67)84(110)96(68)48-53)121-28-10-29-122-73-46-66-63(44-72(73)114-5)83(109)95-26-8-11-61(95)49-97(66)86(112)123-50-57-16-20-60(21-17-57)92-81(107)65(45-76(103)104)94-80(106)64(12-6-7-24-88)93-75(102)23-31-117-35-39-120-40-36-118-32-25-89-82(108)78-77(125-52-126-78)69(99)13-9-27-115-33-37-119-38-34-116-30-22-74(101)90-56(4)70(100)43-55(3)79(105)91-59-18-14-58(15-19-59)51-124-87(98)113/h14-21,42,44,46-47,55-56,61,64-65,68,85,111H,1,6-13,22-41,43,45,48-52,88H2,2-5H3,(H,89,108)(H,90,101)(H,91,105)(H,92,107)(H,93,102)(H,94,106)(H,103,104)/t55-,56+,61+,64+,65+,68+,85?/m1/s1. The number of allylic oxidation sites excluding steroid dienone is 1. The molecule has 12 rings (SSSR count). The average Bonchev–Trinajstić information content (AvgIpc) is 1.61. The first-order valence-electron chi connectivity index (χ1n) is 42.2. The minimum absolute atomic E-state index is 0.0138. The van der Waals surface area contributed by atoms with Crippen LogP contribution in [0.1, 0.15) is 135 Å². The molecule has 39 heteroatoms. The van der Waals surface area contributed by atoms with Gasteiger partial charge in [-0.05, 0) is 118 Å². The van der Waals surface area contributed by atoms with Gasteiger partial charge in [-0.15, -0.1) is 23.5 Å². The number of hydrogen-bond donors (Lipinski definition) is 9. The summed E-state index contributed by atoms with van der Waals surface area (Å²) in [6, 6.07) is 13.8. The van der Waals surface area contributed by atoms with Crippen LogP contribution in [0.25, 0.3) is 0 Å². The number of amides is 10. The maximum atomic E-state index is 14.4. The SMILES string of the molecule is C=C1C[C@H]2C(O)N3C(=O)OCc4ccc(cc4)NC(=O)[C@H](C)CC(=O)[C@H](C)NC(=O)CCOCCOCCOCCCC(=O)C4=C(SCS4)C(=O)NCCOCCOCCOCCC(=O)N[C@@H](CCCCN)C(=O)N[C@@H](CC(=O)O)C(=O)Nc4ccc(cc4)COC(=O)N4C[C@@H]5CCCN5C(=O)c5cc(OC)c(cc54)OCCCOc4cc3c(cc4C)C(=O)N2C1. The van der Waals surface area contributed by atoms with Crippen LogP contribution >= 0.6 is 23.5 Å². The zero-order valence-electron chi connectivity index (χ0n) is 71.3. The number of anilines is 4. The van der Waals surface area contributed by atoms with Crippen LogP contribution in [0.3, 0.4) is 0 Å². The Labute approximate surface area is 738 Å². The molecule has 684 valence electrons. The molecule has 7 atom stereocenters. The number of Topliss-reactive ketones (excluding diaryl/α,β-unsaturated/α-hetero) is 2. The Morgan fingerprint density at radius 1 is 0.595 bits per heavy atom. The first kappa shape index (κ1) is 97.4. The highest BCUT2D eigenvalue weighted by molar-refractivity contribution is 8.23. The van der Waals surface area contributed by atoms with Gasteiger partial charge in [-0.1, -0.05) is 43.3 Å². The molecule has 0 radical (unpaired) electrons. The van der Waals surface area contributed by atoms with Gasteiger partial charge in [-0.25, -0.2) is 14.5 Å². The van der Waals surface area contributed by atoms with E-state index in [0.29, 0.717) is 94.6 Å². The maximum Gasteiger partial charge on any atom is 0.416 e. The van der Waals surface area contributed by atoms with E-state index in [1.165, 1.54) is 77.7 Å². The number of rotatable bonds is 7. The Balaban J connectivity index is 0.770. The zero-order chi connectivity index (χ0) is 90.2. The van der Waals surface area contributed by atoms with Gasteiger partial charge in [0.25, 0.3) is 17.7 Å². The molecule has 0 spiro atoms. The van der Waals surface area contributed by atoms with E-state index >= 15 is 0 Å². The Morgan fingerprint density at radius 2 is 1.17 bits per heavy atom. The van der Waals surface area contributed by atoms with E-state index in [1.807, 2.05) is 0 Å². The molecule has 1 unspecified atom stereocenters. The van der Waals surface area contributed by atoms with E-state index in [1.54, 1.807) is 61.2 Å². The minimum atomic E-state index is -1.59. The second-order valence-corrected chi connectivity index (χ2v) is 33.1. The second kappa shape index (κ2) is 49.4. The number of benzene rings is 4. The van der Waals surface area contributed by atoms with Crippen LogP contribution in [0.5, 0.6) is 17.2 Å². The van der Waals surface area contributed by atoms with E-state index in [4.69, 9.17) is 57.8 Å². The predicted molar refractivity (Wildman–Crippen MR) is 463 cm³/mol. The van der Waals surface area contributed by atoms with E-state index in [-0.39, 0.29) is 239 Å². The number of aliphatic carboxylic acids is 1. The van der Waals surface area contributed by atoms with Crippen LogP contribution in [0, 0.1) is 12.8 Å². The highest BCUT2D eigenvalue weighted by Crippen LogP contribution is 2.44. The van der Waals surface area contributed by atoms with Crippen molar-refractivity contribution in [1.29, 1.82) is 0 Å². The molecule has 0 saturated carbocycles. The lowest BCUT2D eigenvalue weighted by molar-refractivity contribution is -0.140. The third-order valence-electron chi connectivity index (χ3n) is 21.3. The first-order chi connectivity index (χ1) is 60.8. The van der Waals surface area contributed by atoms with Gasteiger partial charge in [-0.2, -0.15) is 0 Å². The van der Waals surface area contributed by atoms with E-state index in [9.17, 15) is 72.5 Å². The fourth-order valence-electron chi connectivity index (χ4n) is 14.5. The molecule has 4 aromatic carbocycles. The number of thioether (sulfide) groups is 2. The summed E-state index contributed by atoms with van der Waals surface area (Å²) >= 11 is 2.60. The lowest BCUT2D eigenvalue weighted by Gasteiger charge is -2.31. The summed E-state index contributed by atoms with van der Waals surface area (Å²) in [6.07, 6.45) is -1.14. The summed E-state index contributed by atoms with van der Waals surface area (Å²) in [5.74, 6) is -6.31. The van der Waals surface area contributed by atoms with Gasteiger partial charge in [0.1, 0.15) is 31.0 Å². The third-order valence-corrected chi connectivity index (χ3v) is 23.8. The fraction of sp³-hybridized carbons (Fsp3) is 0.529. The molecule has 8 aliphatic heterocycles. The number of unbranched alkanes of at least 4 members (excludes halogenated alkanes) is 1. The predicted octanol–water partition coefficient (Wildman–Crippen LogP) is 6.42. The number of methoxy groups -OCH3 is 1. The van der Waals surface area contributed by atoms with Crippen LogP contribution in [-0.4, -0.2) is 271 Å². The number of aliphatic hydroxyl groups excluding tert-OH is 1. The highest BCUT2D eigenvalue weighted by Gasteiger charge is 2.47. The molecule has 0 aromatic heterocycles. The second-order valence-electron chi connectivity index (χ2n) is 30.8. The van der Waals surface area contributed by atoms with Gasteiger partial charge in [0.05, 0.1) is 150 Å². The van der Waals surface area contributed by atoms with Gasteiger partial charge in [0.15, 0.2) is 29.3 Å². The number of nitrogens with one attached hydrogen (secondary N) is 6. The summed E-state index contributed by atoms with van der Waals surface area (Å²) in [4.78, 5) is 182. The molecule has 8 heterocycles. The summed E-state index contributed by atoms with van der Waals surface area (Å²) < 4.78 is 63.7. The summed E-state index contributed by atoms with van der Waals surface area (Å²) in [5.41, 5.74) is 9.00. The van der Waals surface area contributed by atoms with Crippen molar-refractivity contribution in [1.82, 2.24) is 31.1 Å². The molecule has 10 N–H and O–H groups in total. The van der Waals surface area contributed by atoms with E-state index in [0.717, 1.165) is 4.90 Å². The Bertz CT molecular complexity index is 4560. The number of carbonyl (C=O) groups is 13. The zero-order valence-corrected chi connectivity index (χ0v) is 72.9. The molecule has 8 aliphatic rings. The van der Waals surface area contributed by atoms with Gasteiger partial charge < -0.3 is 110 Å². The first-order valence-corrected chi connectivity index (χ1v) is 44.2. The van der Waals surface area contributed by atoms with Gasteiger partial charge in [-0.3, -0.25) is 57.6 Å². The van der Waals surface area contributed by atoms with Crippen molar-refractivity contribution in [2.75, 3.05) is 158 Å². The largest absolute Gasteiger partial charge is 0.493 e. The number of aliphatic hydroxyl groups is 1. The maximum absolute atomic E-state index is 14.4. The van der Waals surface area contributed by atoms with Gasteiger partial charge >= 0.3 is 18.2 Å². The lowest BCUT2D eigenvalue weighted by Crippen LogP contribution is -2.53. The van der Waals surface area contributed by atoms with Crippen molar-refractivity contribution < 1.29 is 125 Å². The van der Waals surface area contributed by atoms with Crippen molar-refractivity contribution in [2.45, 2.75) is 154 Å².